The summed E-state index contributed by atoms with van der Waals surface area (Å²) < 4.78 is 11.4. The van der Waals surface area contributed by atoms with Crippen molar-refractivity contribution >= 4 is 29.8 Å². The Morgan fingerprint density at radius 3 is 2.33 bits per heavy atom. The van der Waals surface area contributed by atoms with Crippen molar-refractivity contribution in [3.05, 3.63) is 120 Å². The number of amides is 1. The maximum absolute atomic E-state index is 13.8. The van der Waals surface area contributed by atoms with Crippen molar-refractivity contribution in [2.24, 2.45) is 0 Å². The van der Waals surface area contributed by atoms with Crippen LogP contribution in [0.4, 0.5) is 5.69 Å². The minimum atomic E-state index is -0.612. The fourth-order valence-corrected chi connectivity index (χ4v) is 7.32. The number of hydrogen-bond acceptors (Lipinski definition) is 4. The molecule has 6 heteroatoms. The normalized spacial score (nSPS) is 26.1. The summed E-state index contributed by atoms with van der Waals surface area (Å²) in [5.41, 5.74) is 3.53. The zero-order chi connectivity index (χ0) is 26.2. The number of carbonyl (C=O) groups excluding carboxylic acids is 1. The molecule has 3 atom stereocenters. The molecule has 4 aliphatic rings. The third kappa shape index (κ3) is 4.56. The summed E-state index contributed by atoms with van der Waals surface area (Å²) in [5.74, 6) is 0.0139. The van der Waals surface area contributed by atoms with E-state index < -0.39 is 5.60 Å². The Morgan fingerprint density at radius 2 is 1.62 bits per heavy atom. The molecule has 3 unspecified atom stereocenters. The van der Waals surface area contributed by atoms with Crippen LogP contribution in [0.2, 0.25) is 0 Å². The molecule has 3 aromatic carbocycles. The molecular formula is C33H32N3O2S+. The van der Waals surface area contributed by atoms with E-state index in [1.165, 1.54) is 10.5 Å². The van der Waals surface area contributed by atoms with E-state index in [1.807, 2.05) is 18.2 Å². The van der Waals surface area contributed by atoms with Crippen LogP contribution < -0.4 is 5.32 Å². The van der Waals surface area contributed by atoms with Crippen molar-refractivity contribution in [2.45, 2.75) is 47.9 Å². The first-order chi connectivity index (χ1) is 19.2. The highest BCUT2D eigenvalue weighted by atomic mass is 32.2. The minimum absolute atomic E-state index is 0.0139. The molecule has 1 amide bonds. The Hall–Kier alpha value is -3.45. The number of nitrogens with one attached hydrogen (secondary N) is 1. The Bertz CT molecular complexity index is 1450. The summed E-state index contributed by atoms with van der Waals surface area (Å²) in [6, 6.07) is 31.7. The van der Waals surface area contributed by atoms with Crippen molar-refractivity contribution in [3.63, 3.8) is 0 Å². The summed E-state index contributed by atoms with van der Waals surface area (Å²) in [5, 5.41) is 3.37. The van der Waals surface area contributed by atoms with Gasteiger partial charge in [-0.25, -0.2) is 4.31 Å². The van der Waals surface area contributed by atoms with Gasteiger partial charge in [-0.2, -0.15) is 4.58 Å². The summed E-state index contributed by atoms with van der Waals surface area (Å²) in [6.07, 6.45) is 8.85. The number of carbonyl (C=O) groups is 1. The van der Waals surface area contributed by atoms with Crippen LogP contribution in [0.3, 0.4) is 0 Å². The van der Waals surface area contributed by atoms with E-state index in [-0.39, 0.29) is 24.1 Å². The molecule has 1 N–H and O–H groups in total. The second-order valence-corrected chi connectivity index (χ2v) is 11.8. The maximum atomic E-state index is 13.8. The summed E-state index contributed by atoms with van der Waals surface area (Å²) in [7, 11) is 0. The summed E-state index contributed by atoms with van der Waals surface area (Å²) >= 11 is 1.80. The number of hydrogen-bond donors (Lipinski definition) is 1. The predicted octanol–water partition coefficient (Wildman–Crippen LogP) is 5.32. The highest BCUT2D eigenvalue weighted by Gasteiger charge is 2.63. The molecule has 4 heterocycles. The van der Waals surface area contributed by atoms with E-state index in [9.17, 15) is 4.79 Å². The van der Waals surface area contributed by atoms with Gasteiger partial charge in [0.2, 0.25) is 5.69 Å². The van der Waals surface area contributed by atoms with Gasteiger partial charge < -0.3 is 10.1 Å². The average Bonchev–Trinajstić information content (AvgIpc) is 3.64. The lowest BCUT2D eigenvalue weighted by Gasteiger charge is -2.31. The van der Waals surface area contributed by atoms with Crippen molar-refractivity contribution in [3.8, 4) is 0 Å². The third-order valence-corrected chi connectivity index (χ3v) is 9.38. The number of ether oxygens (including phenoxy) is 1. The molecular weight excluding hydrogens is 502 g/mol. The van der Waals surface area contributed by atoms with E-state index in [0.717, 1.165) is 49.2 Å². The Labute approximate surface area is 234 Å². The largest absolute Gasteiger partial charge is 0.349 e. The second kappa shape index (κ2) is 10.3. The molecule has 196 valence electrons. The zero-order valence-corrected chi connectivity index (χ0v) is 22.6. The molecule has 1 saturated heterocycles. The molecule has 4 aliphatic heterocycles. The van der Waals surface area contributed by atoms with E-state index in [0.29, 0.717) is 0 Å². The van der Waals surface area contributed by atoms with Gasteiger partial charge in [-0.05, 0) is 48.6 Å². The van der Waals surface area contributed by atoms with Crippen LogP contribution in [-0.2, 0) is 16.0 Å². The molecule has 2 bridgehead atoms. The third-order valence-electron chi connectivity index (χ3n) is 8.27. The Kier molecular flexibility index (Phi) is 6.47. The topological polar surface area (TPSA) is 44.6 Å². The van der Waals surface area contributed by atoms with Gasteiger partial charge in [0.05, 0.1) is 11.1 Å². The van der Waals surface area contributed by atoms with Crippen LogP contribution in [0.1, 0.15) is 18.4 Å². The molecule has 3 aromatic rings. The molecule has 0 aliphatic carbocycles. The van der Waals surface area contributed by atoms with Gasteiger partial charge in [-0.15, -0.1) is 0 Å². The second-order valence-electron chi connectivity index (χ2n) is 10.7. The SMILES string of the molecule is O=C(NC1CCN(Sc2ccccc2)CC1)C1=C2C=[N+](c3ccccc3)C(Cc3ccccc3)C23C=CC1O3. The van der Waals surface area contributed by atoms with E-state index >= 15 is 0 Å². The summed E-state index contributed by atoms with van der Waals surface area (Å²) in [4.78, 5) is 15.0. The molecule has 1 spiro atoms. The zero-order valence-electron chi connectivity index (χ0n) is 21.8. The van der Waals surface area contributed by atoms with Crippen molar-refractivity contribution in [1.82, 2.24) is 9.62 Å². The fraction of sp³-hybridized carbons (Fsp3) is 0.273. The number of fused-ring (bicyclic) bond motifs is 1. The van der Waals surface area contributed by atoms with Crippen LogP contribution in [0.5, 0.6) is 0 Å². The quantitative estimate of drug-likeness (QED) is 0.253. The standard InChI is InChI=1S/C33H31N3O2S/c37-32(34-25-17-20-35(21-18-25)39-27-14-8-3-9-15-27)31-28-23-36(26-12-6-2-7-13-26)30(22-24-10-4-1-5-11-24)33(28)19-16-29(31)38-33/h1-16,19,23,25,29-30H,17-18,20-22H2/p+1. The van der Waals surface area contributed by atoms with Gasteiger partial charge >= 0.3 is 0 Å². The lowest BCUT2D eigenvalue weighted by molar-refractivity contribution is -0.488. The van der Waals surface area contributed by atoms with Gasteiger partial charge in [0, 0.05) is 42.6 Å². The van der Waals surface area contributed by atoms with E-state index in [1.54, 1.807) is 11.9 Å². The highest BCUT2D eigenvalue weighted by molar-refractivity contribution is 7.97. The van der Waals surface area contributed by atoms with Crippen molar-refractivity contribution in [1.29, 1.82) is 0 Å². The molecule has 7 rings (SSSR count). The van der Waals surface area contributed by atoms with E-state index in [2.05, 4.69) is 105 Å². The van der Waals surface area contributed by atoms with E-state index in [4.69, 9.17) is 4.74 Å². The van der Waals surface area contributed by atoms with Crippen LogP contribution in [-0.4, -0.2) is 57.9 Å². The molecule has 39 heavy (non-hydrogen) atoms. The Balaban J connectivity index is 1.12. The Morgan fingerprint density at radius 1 is 0.949 bits per heavy atom. The number of benzene rings is 3. The van der Waals surface area contributed by atoms with Gasteiger partial charge in [-0.3, -0.25) is 4.79 Å². The number of nitrogens with zero attached hydrogens (tertiary/aromatic N) is 2. The average molecular weight is 535 g/mol. The molecule has 0 aromatic heterocycles. The maximum Gasteiger partial charge on any atom is 0.251 e. The molecule has 1 fully saturated rings. The smallest absolute Gasteiger partial charge is 0.251 e. The van der Waals surface area contributed by atoms with Crippen molar-refractivity contribution < 1.29 is 14.1 Å². The van der Waals surface area contributed by atoms with Gasteiger partial charge in [-0.1, -0.05) is 72.8 Å². The first kappa shape index (κ1) is 24.6. The predicted molar refractivity (Wildman–Crippen MR) is 155 cm³/mol. The fourth-order valence-electron chi connectivity index (χ4n) is 6.34. The van der Waals surface area contributed by atoms with Gasteiger partial charge in [0.25, 0.3) is 5.91 Å². The lowest BCUT2D eigenvalue weighted by Crippen LogP contribution is -2.44. The molecule has 0 saturated carbocycles. The van der Waals surface area contributed by atoms with Crippen LogP contribution in [0, 0.1) is 0 Å². The van der Waals surface area contributed by atoms with Crippen molar-refractivity contribution in [2.75, 3.05) is 13.1 Å². The van der Waals surface area contributed by atoms with Gasteiger partial charge in [0.1, 0.15) is 6.10 Å². The summed E-state index contributed by atoms with van der Waals surface area (Å²) in [6.45, 7) is 1.90. The number of rotatable bonds is 7. The lowest BCUT2D eigenvalue weighted by atomic mass is 9.82. The number of para-hydroxylation sites is 1. The first-order valence-electron chi connectivity index (χ1n) is 13.8. The molecule has 0 radical (unpaired) electrons. The van der Waals surface area contributed by atoms with Crippen LogP contribution >= 0.6 is 11.9 Å². The van der Waals surface area contributed by atoms with Crippen LogP contribution in [0.25, 0.3) is 0 Å². The molecule has 5 nitrogen and oxygen atoms in total. The van der Waals surface area contributed by atoms with Crippen LogP contribution in [0.15, 0.2) is 119 Å². The minimum Gasteiger partial charge on any atom is -0.349 e. The number of piperidine rings is 1. The van der Waals surface area contributed by atoms with Gasteiger partial charge in [0.15, 0.2) is 17.9 Å². The first-order valence-corrected chi connectivity index (χ1v) is 14.6. The monoisotopic (exact) mass is 534 g/mol. The highest BCUT2D eigenvalue weighted by Crippen LogP contribution is 2.50.